The molecule has 0 bridgehead atoms. The van der Waals surface area contributed by atoms with Gasteiger partial charge in [-0.15, -0.1) is 0 Å². The Morgan fingerprint density at radius 2 is 2.00 bits per heavy atom. The first-order chi connectivity index (χ1) is 4.77. The van der Waals surface area contributed by atoms with Crippen molar-refractivity contribution in [1.82, 2.24) is 10.2 Å². The SMILES string of the molecule is CNC/C=C\CCN(C)C. The molecule has 1 N–H and O–H groups in total. The van der Waals surface area contributed by atoms with Crippen molar-refractivity contribution in [3.05, 3.63) is 12.2 Å². The number of rotatable bonds is 5. The van der Waals surface area contributed by atoms with E-state index >= 15 is 0 Å². The second-order valence-corrected chi connectivity index (χ2v) is 2.62. The molecule has 0 fully saturated rings. The van der Waals surface area contributed by atoms with Crippen LogP contribution in [0.1, 0.15) is 6.42 Å². The molecule has 0 aliphatic rings. The lowest BCUT2D eigenvalue weighted by Gasteiger charge is -2.05. The zero-order valence-electron chi connectivity index (χ0n) is 7.22. The molecule has 0 atom stereocenters. The monoisotopic (exact) mass is 142 g/mol. The maximum absolute atomic E-state index is 3.06. The summed E-state index contributed by atoms with van der Waals surface area (Å²) in [6.07, 6.45) is 5.51. The average molecular weight is 142 g/mol. The van der Waals surface area contributed by atoms with E-state index < -0.39 is 0 Å². The van der Waals surface area contributed by atoms with Crippen LogP contribution in [-0.4, -0.2) is 39.1 Å². The van der Waals surface area contributed by atoms with E-state index in [1.807, 2.05) is 7.05 Å². The zero-order valence-corrected chi connectivity index (χ0v) is 7.22. The summed E-state index contributed by atoms with van der Waals surface area (Å²) in [6.45, 7) is 2.12. The highest BCUT2D eigenvalue weighted by atomic mass is 15.0. The van der Waals surface area contributed by atoms with Crippen molar-refractivity contribution < 1.29 is 0 Å². The van der Waals surface area contributed by atoms with Gasteiger partial charge in [0.15, 0.2) is 0 Å². The predicted molar refractivity (Wildman–Crippen MR) is 46.2 cm³/mol. The molecule has 0 aromatic carbocycles. The maximum Gasteiger partial charge on any atom is 0.0131 e. The first-order valence-electron chi connectivity index (χ1n) is 3.71. The van der Waals surface area contributed by atoms with Gasteiger partial charge in [0.25, 0.3) is 0 Å². The van der Waals surface area contributed by atoms with Crippen LogP contribution in [0.4, 0.5) is 0 Å². The summed E-state index contributed by atoms with van der Waals surface area (Å²) in [7, 11) is 6.13. The van der Waals surface area contributed by atoms with Crippen molar-refractivity contribution in [2.75, 3.05) is 34.2 Å². The summed E-state index contributed by atoms with van der Waals surface area (Å²) in [5, 5.41) is 3.06. The Labute approximate surface area is 63.9 Å². The third-order valence-electron chi connectivity index (χ3n) is 1.23. The average Bonchev–Trinajstić information content (AvgIpc) is 1.87. The Kier molecular flexibility index (Phi) is 6.55. The molecule has 2 heteroatoms. The second kappa shape index (κ2) is 6.78. The van der Waals surface area contributed by atoms with Gasteiger partial charge in [0.2, 0.25) is 0 Å². The van der Waals surface area contributed by atoms with Crippen molar-refractivity contribution in [1.29, 1.82) is 0 Å². The van der Waals surface area contributed by atoms with Crippen LogP contribution in [0.2, 0.25) is 0 Å². The lowest BCUT2D eigenvalue weighted by atomic mass is 10.3. The summed E-state index contributed by atoms with van der Waals surface area (Å²) in [4.78, 5) is 2.18. The van der Waals surface area contributed by atoms with E-state index in [0.29, 0.717) is 0 Å². The molecule has 0 saturated heterocycles. The lowest BCUT2D eigenvalue weighted by molar-refractivity contribution is 0.417. The van der Waals surface area contributed by atoms with E-state index in [1.165, 1.54) is 0 Å². The van der Waals surface area contributed by atoms with Crippen molar-refractivity contribution in [3.8, 4) is 0 Å². The fraction of sp³-hybridized carbons (Fsp3) is 0.750. The minimum Gasteiger partial charge on any atom is -0.316 e. The zero-order chi connectivity index (χ0) is 7.82. The third kappa shape index (κ3) is 7.66. The maximum atomic E-state index is 3.06. The largest absolute Gasteiger partial charge is 0.316 e. The van der Waals surface area contributed by atoms with E-state index in [0.717, 1.165) is 19.5 Å². The molecule has 0 aliphatic heterocycles. The van der Waals surface area contributed by atoms with Crippen LogP contribution in [0.15, 0.2) is 12.2 Å². The molecule has 0 unspecified atom stereocenters. The van der Waals surface area contributed by atoms with Gasteiger partial charge in [-0.2, -0.15) is 0 Å². The standard InChI is InChI=1S/C8H18N2/c1-9-7-5-4-6-8-10(2)3/h4-5,9H,6-8H2,1-3H3/b5-4-. The molecule has 0 rings (SSSR count). The summed E-state index contributed by atoms with van der Waals surface area (Å²) >= 11 is 0. The Morgan fingerprint density at radius 3 is 2.50 bits per heavy atom. The number of likely N-dealkylation sites (N-methyl/N-ethyl adjacent to an activating group) is 1. The third-order valence-corrected chi connectivity index (χ3v) is 1.23. The van der Waals surface area contributed by atoms with Gasteiger partial charge >= 0.3 is 0 Å². The molecule has 0 spiro atoms. The molecule has 10 heavy (non-hydrogen) atoms. The number of hydrogen-bond acceptors (Lipinski definition) is 2. The Morgan fingerprint density at radius 1 is 1.30 bits per heavy atom. The molecule has 0 heterocycles. The second-order valence-electron chi connectivity index (χ2n) is 2.62. The Balaban J connectivity index is 3.02. The van der Waals surface area contributed by atoms with Crippen molar-refractivity contribution in [3.63, 3.8) is 0 Å². The summed E-state index contributed by atoms with van der Waals surface area (Å²) < 4.78 is 0. The quantitative estimate of drug-likeness (QED) is 0.569. The van der Waals surface area contributed by atoms with Gasteiger partial charge in [-0.3, -0.25) is 0 Å². The van der Waals surface area contributed by atoms with Gasteiger partial charge in [0.1, 0.15) is 0 Å². The van der Waals surface area contributed by atoms with Gasteiger partial charge in [-0.25, -0.2) is 0 Å². The molecule has 0 amide bonds. The summed E-state index contributed by atoms with van der Waals surface area (Å²) in [5.74, 6) is 0. The number of nitrogens with one attached hydrogen (secondary N) is 1. The fourth-order valence-electron chi connectivity index (χ4n) is 0.652. The molecular formula is C8H18N2. The van der Waals surface area contributed by atoms with E-state index in [-0.39, 0.29) is 0 Å². The van der Waals surface area contributed by atoms with Crippen LogP contribution < -0.4 is 5.32 Å². The van der Waals surface area contributed by atoms with Crippen molar-refractivity contribution >= 4 is 0 Å². The summed E-state index contributed by atoms with van der Waals surface area (Å²) in [6, 6.07) is 0. The van der Waals surface area contributed by atoms with Crippen LogP contribution in [0.5, 0.6) is 0 Å². The number of nitrogens with zero attached hydrogens (tertiary/aromatic N) is 1. The first kappa shape index (κ1) is 9.66. The van der Waals surface area contributed by atoms with E-state index in [4.69, 9.17) is 0 Å². The predicted octanol–water partition coefficient (Wildman–Crippen LogP) is 0.714. The first-order valence-corrected chi connectivity index (χ1v) is 3.71. The van der Waals surface area contributed by atoms with Crippen LogP contribution in [0.3, 0.4) is 0 Å². The van der Waals surface area contributed by atoms with Crippen LogP contribution >= 0.6 is 0 Å². The van der Waals surface area contributed by atoms with E-state index in [2.05, 4.69) is 36.5 Å². The van der Waals surface area contributed by atoms with Crippen molar-refractivity contribution in [2.24, 2.45) is 0 Å². The molecule has 0 radical (unpaired) electrons. The highest BCUT2D eigenvalue weighted by molar-refractivity contribution is 4.83. The molecule has 0 aromatic heterocycles. The van der Waals surface area contributed by atoms with Gasteiger partial charge in [0, 0.05) is 13.1 Å². The highest BCUT2D eigenvalue weighted by Gasteiger charge is 1.83. The fourth-order valence-corrected chi connectivity index (χ4v) is 0.652. The summed E-state index contributed by atoms with van der Waals surface area (Å²) in [5.41, 5.74) is 0. The topological polar surface area (TPSA) is 15.3 Å². The van der Waals surface area contributed by atoms with Crippen LogP contribution in [0.25, 0.3) is 0 Å². The molecular weight excluding hydrogens is 124 g/mol. The van der Waals surface area contributed by atoms with Crippen molar-refractivity contribution in [2.45, 2.75) is 6.42 Å². The lowest BCUT2D eigenvalue weighted by Crippen LogP contribution is -2.12. The van der Waals surface area contributed by atoms with Gasteiger partial charge in [-0.05, 0) is 27.6 Å². The van der Waals surface area contributed by atoms with Gasteiger partial charge < -0.3 is 10.2 Å². The molecule has 60 valence electrons. The van der Waals surface area contributed by atoms with Crippen LogP contribution in [-0.2, 0) is 0 Å². The van der Waals surface area contributed by atoms with Gasteiger partial charge in [0.05, 0.1) is 0 Å². The minimum atomic E-state index is 0.980. The molecule has 0 aromatic rings. The van der Waals surface area contributed by atoms with Gasteiger partial charge in [-0.1, -0.05) is 12.2 Å². The Bertz CT molecular complexity index is 87.3. The molecule has 0 aliphatic carbocycles. The number of hydrogen-bond donors (Lipinski definition) is 1. The Hall–Kier alpha value is -0.340. The minimum absolute atomic E-state index is 0.980. The van der Waals surface area contributed by atoms with Crippen LogP contribution in [0, 0.1) is 0 Å². The van der Waals surface area contributed by atoms with E-state index in [9.17, 15) is 0 Å². The smallest absolute Gasteiger partial charge is 0.0131 e. The normalized spacial score (nSPS) is 11.6. The highest BCUT2D eigenvalue weighted by Crippen LogP contribution is 1.84. The molecule has 0 saturated carbocycles. The molecule has 2 nitrogen and oxygen atoms in total. The van der Waals surface area contributed by atoms with E-state index in [1.54, 1.807) is 0 Å².